The highest BCUT2D eigenvalue weighted by molar-refractivity contribution is 6.31. The first-order valence-electron chi connectivity index (χ1n) is 7.15. The van der Waals surface area contributed by atoms with Crippen molar-refractivity contribution in [1.82, 2.24) is 0 Å². The molecule has 1 aromatic carbocycles. The zero-order chi connectivity index (χ0) is 17.0. The molecule has 0 bridgehead atoms. The summed E-state index contributed by atoms with van der Waals surface area (Å²) in [5, 5.41) is 11.8. The number of carbonyl (C=O) groups is 2. The van der Waals surface area contributed by atoms with Crippen molar-refractivity contribution in [3.05, 3.63) is 23.2 Å². The number of carboxylic acids is 1. The highest BCUT2D eigenvalue weighted by Crippen LogP contribution is 2.33. The molecular weight excluding hydrogens is 332 g/mol. The third kappa shape index (κ3) is 4.79. The van der Waals surface area contributed by atoms with E-state index in [1.807, 2.05) is 0 Å². The zero-order valence-corrected chi connectivity index (χ0v) is 12.9. The molecule has 126 valence electrons. The Morgan fingerprint density at radius 2 is 2.00 bits per heavy atom. The molecule has 1 aromatic rings. The third-order valence-electron chi connectivity index (χ3n) is 3.81. The van der Waals surface area contributed by atoms with Gasteiger partial charge in [0, 0.05) is 10.9 Å². The maximum absolute atomic E-state index is 12.4. The standard InChI is InChI=1S/C15H16ClF2NO4/c16-10-4-5-12(23-15(17)18)11(7-10)19-13(20)8-2-1-3-9(6-8)14(21)22/h4-5,7-9,15H,1-3,6H2,(H,19,20)(H,21,22)/t8-,9+/m1/s1. The molecule has 0 aromatic heterocycles. The normalized spacial score (nSPS) is 21.0. The van der Waals surface area contributed by atoms with E-state index in [9.17, 15) is 18.4 Å². The number of hydrogen-bond acceptors (Lipinski definition) is 3. The largest absolute Gasteiger partial charge is 0.481 e. The minimum absolute atomic E-state index is 0.0419. The van der Waals surface area contributed by atoms with Crippen LogP contribution in [0.5, 0.6) is 5.75 Å². The summed E-state index contributed by atoms with van der Waals surface area (Å²) in [6.45, 7) is -3.03. The number of amides is 1. The molecule has 0 aliphatic heterocycles. The first-order valence-corrected chi connectivity index (χ1v) is 7.52. The number of alkyl halides is 2. The van der Waals surface area contributed by atoms with Crippen molar-refractivity contribution in [3.8, 4) is 5.75 Å². The smallest absolute Gasteiger partial charge is 0.387 e. The Labute approximate surface area is 136 Å². The summed E-state index contributed by atoms with van der Waals surface area (Å²) >= 11 is 5.82. The van der Waals surface area contributed by atoms with Crippen molar-refractivity contribution in [2.45, 2.75) is 32.3 Å². The Hall–Kier alpha value is -1.89. The van der Waals surface area contributed by atoms with Gasteiger partial charge in [0.05, 0.1) is 11.6 Å². The molecule has 8 heteroatoms. The molecule has 1 amide bonds. The number of carbonyl (C=O) groups excluding carboxylic acids is 1. The Balaban J connectivity index is 2.10. The van der Waals surface area contributed by atoms with Gasteiger partial charge in [-0.1, -0.05) is 18.0 Å². The third-order valence-corrected chi connectivity index (χ3v) is 4.04. The molecule has 23 heavy (non-hydrogen) atoms. The van der Waals surface area contributed by atoms with Crippen molar-refractivity contribution in [2.24, 2.45) is 11.8 Å². The highest BCUT2D eigenvalue weighted by Gasteiger charge is 2.31. The number of ether oxygens (including phenoxy) is 1. The topological polar surface area (TPSA) is 75.6 Å². The number of carboxylic acid groups (broad SMARTS) is 1. The number of benzene rings is 1. The molecular formula is C15H16ClF2NO4. The van der Waals surface area contributed by atoms with E-state index in [1.54, 1.807) is 0 Å². The summed E-state index contributed by atoms with van der Waals surface area (Å²) in [5.74, 6) is -2.58. The second kappa shape index (κ2) is 7.59. The van der Waals surface area contributed by atoms with Crippen LogP contribution in [0, 0.1) is 11.8 Å². The predicted octanol–water partition coefficient (Wildman–Crippen LogP) is 3.77. The van der Waals surface area contributed by atoms with Gasteiger partial charge in [-0.3, -0.25) is 9.59 Å². The fourth-order valence-electron chi connectivity index (χ4n) is 2.69. The minimum atomic E-state index is -3.03. The lowest BCUT2D eigenvalue weighted by Gasteiger charge is -2.26. The van der Waals surface area contributed by atoms with Crippen molar-refractivity contribution in [1.29, 1.82) is 0 Å². The number of rotatable bonds is 5. The van der Waals surface area contributed by atoms with Gasteiger partial charge < -0.3 is 15.2 Å². The number of nitrogens with one attached hydrogen (secondary N) is 1. The summed E-state index contributed by atoms with van der Waals surface area (Å²) in [6, 6.07) is 3.93. The fourth-order valence-corrected chi connectivity index (χ4v) is 2.86. The SMILES string of the molecule is O=C(O)[C@H]1CCC[C@@H](C(=O)Nc2cc(Cl)ccc2OC(F)F)C1. The van der Waals surface area contributed by atoms with E-state index >= 15 is 0 Å². The van der Waals surface area contributed by atoms with Gasteiger partial charge in [-0.05, 0) is 37.5 Å². The van der Waals surface area contributed by atoms with Crippen molar-refractivity contribution in [2.75, 3.05) is 5.32 Å². The van der Waals surface area contributed by atoms with Crippen LogP contribution < -0.4 is 10.1 Å². The van der Waals surface area contributed by atoms with Crippen molar-refractivity contribution >= 4 is 29.2 Å². The van der Waals surface area contributed by atoms with Crippen LogP contribution in [-0.2, 0) is 9.59 Å². The lowest BCUT2D eigenvalue weighted by atomic mass is 9.81. The Bertz CT molecular complexity index is 597. The van der Waals surface area contributed by atoms with Gasteiger partial charge in [0.1, 0.15) is 5.75 Å². The zero-order valence-electron chi connectivity index (χ0n) is 12.1. The van der Waals surface area contributed by atoms with Crippen LogP contribution in [0.2, 0.25) is 5.02 Å². The molecule has 2 atom stereocenters. The number of hydrogen-bond donors (Lipinski definition) is 2. The molecule has 0 spiro atoms. The van der Waals surface area contributed by atoms with Crippen molar-refractivity contribution < 1.29 is 28.2 Å². The van der Waals surface area contributed by atoms with Gasteiger partial charge in [-0.15, -0.1) is 0 Å². The molecule has 0 radical (unpaired) electrons. The van der Waals surface area contributed by atoms with E-state index in [0.717, 1.165) is 0 Å². The maximum atomic E-state index is 12.4. The van der Waals surface area contributed by atoms with Gasteiger partial charge in [0.15, 0.2) is 0 Å². The molecule has 1 aliphatic carbocycles. The average Bonchev–Trinajstić information content (AvgIpc) is 2.49. The minimum Gasteiger partial charge on any atom is -0.481 e. The Morgan fingerprint density at radius 3 is 2.65 bits per heavy atom. The summed E-state index contributed by atoms with van der Waals surface area (Å²) in [6.07, 6.45) is 1.95. The summed E-state index contributed by atoms with van der Waals surface area (Å²) < 4.78 is 29.1. The maximum Gasteiger partial charge on any atom is 0.387 e. The van der Waals surface area contributed by atoms with Gasteiger partial charge in [-0.2, -0.15) is 8.78 Å². The first kappa shape index (κ1) is 17.5. The molecule has 1 aliphatic rings. The Morgan fingerprint density at radius 1 is 1.30 bits per heavy atom. The average molecular weight is 348 g/mol. The van der Waals surface area contributed by atoms with Crippen LogP contribution in [-0.4, -0.2) is 23.6 Å². The number of halogens is 3. The predicted molar refractivity (Wildman–Crippen MR) is 79.8 cm³/mol. The number of anilines is 1. The van der Waals surface area contributed by atoms with Crippen LogP contribution in [0.3, 0.4) is 0 Å². The highest BCUT2D eigenvalue weighted by atomic mass is 35.5. The quantitative estimate of drug-likeness (QED) is 0.850. The molecule has 0 heterocycles. The van der Waals surface area contributed by atoms with Crippen LogP contribution in [0.25, 0.3) is 0 Å². The fraction of sp³-hybridized carbons (Fsp3) is 0.467. The molecule has 0 unspecified atom stereocenters. The molecule has 1 fully saturated rings. The van der Waals surface area contributed by atoms with Crippen LogP contribution in [0.4, 0.5) is 14.5 Å². The molecule has 2 N–H and O–H groups in total. The van der Waals surface area contributed by atoms with Crippen molar-refractivity contribution in [3.63, 3.8) is 0 Å². The molecule has 2 rings (SSSR count). The van der Waals surface area contributed by atoms with E-state index in [2.05, 4.69) is 10.1 Å². The first-order chi connectivity index (χ1) is 10.9. The van der Waals surface area contributed by atoms with E-state index < -0.39 is 30.3 Å². The lowest BCUT2D eigenvalue weighted by molar-refractivity contribution is -0.143. The monoisotopic (exact) mass is 347 g/mol. The van der Waals surface area contributed by atoms with Crippen LogP contribution in [0.1, 0.15) is 25.7 Å². The van der Waals surface area contributed by atoms with Gasteiger partial charge in [0.25, 0.3) is 0 Å². The summed E-state index contributed by atoms with van der Waals surface area (Å²) in [7, 11) is 0. The summed E-state index contributed by atoms with van der Waals surface area (Å²) in [5.41, 5.74) is 0.0419. The number of aliphatic carboxylic acids is 1. The molecule has 1 saturated carbocycles. The lowest BCUT2D eigenvalue weighted by Crippen LogP contribution is -2.31. The van der Waals surface area contributed by atoms with Gasteiger partial charge >= 0.3 is 12.6 Å². The van der Waals surface area contributed by atoms with Crippen LogP contribution in [0.15, 0.2) is 18.2 Å². The van der Waals surface area contributed by atoms with E-state index in [0.29, 0.717) is 19.3 Å². The molecule has 0 saturated heterocycles. The van der Waals surface area contributed by atoms with E-state index in [1.165, 1.54) is 18.2 Å². The van der Waals surface area contributed by atoms with E-state index in [4.69, 9.17) is 16.7 Å². The van der Waals surface area contributed by atoms with E-state index in [-0.39, 0.29) is 22.9 Å². The second-order valence-electron chi connectivity index (χ2n) is 5.41. The summed E-state index contributed by atoms with van der Waals surface area (Å²) in [4.78, 5) is 23.3. The molecule has 5 nitrogen and oxygen atoms in total. The van der Waals surface area contributed by atoms with Gasteiger partial charge in [0.2, 0.25) is 5.91 Å². The Kier molecular flexibility index (Phi) is 5.76. The van der Waals surface area contributed by atoms with Crippen LogP contribution >= 0.6 is 11.6 Å². The van der Waals surface area contributed by atoms with Gasteiger partial charge in [-0.25, -0.2) is 0 Å². The second-order valence-corrected chi connectivity index (χ2v) is 5.84.